The van der Waals surface area contributed by atoms with E-state index in [-0.39, 0.29) is 0 Å². The predicted molar refractivity (Wildman–Crippen MR) is 76.3 cm³/mol. The fourth-order valence-corrected chi connectivity index (χ4v) is 2.55. The Bertz CT molecular complexity index is 410. The second-order valence-electron chi connectivity index (χ2n) is 5.29. The maximum absolute atomic E-state index is 9.95. The first-order valence-corrected chi connectivity index (χ1v) is 6.80. The zero-order valence-corrected chi connectivity index (χ0v) is 11.8. The number of nitrogens with zero attached hydrogens (tertiary/aromatic N) is 1. The van der Waals surface area contributed by atoms with Gasteiger partial charge in [0, 0.05) is 30.3 Å². The number of nitrogens with one attached hydrogen (secondary N) is 1. The number of hydrogen-bond acceptors (Lipinski definition) is 3. The summed E-state index contributed by atoms with van der Waals surface area (Å²) in [5, 5.41) is 13.9. The number of hydrogen-bond donors (Lipinski definition) is 2. The summed E-state index contributed by atoms with van der Waals surface area (Å²) in [7, 11) is 1.91. The maximum atomic E-state index is 9.95. The maximum Gasteiger partial charge on any atom is 0.0653 e. The van der Waals surface area contributed by atoms with Crippen LogP contribution >= 0.6 is 11.6 Å². The molecule has 4 heteroatoms. The minimum Gasteiger partial charge on any atom is -0.390 e. The van der Waals surface area contributed by atoms with Crippen LogP contribution < -0.4 is 10.2 Å². The van der Waals surface area contributed by atoms with Crippen molar-refractivity contribution in [1.29, 1.82) is 0 Å². The molecule has 1 aromatic carbocycles. The highest BCUT2D eigenvalue weighted by Crippen LogP contribution is 2.28. The number of piperidine rings is 1. The molecular weight excluding hydrogens is 248 g/mol. The number of rotatable bonds is 3. The first kappa shape index (κ1) is 13.7. The third kappa shape index (κ3) is 3.16. The number of aliphatic hydroxyl groups is 1. The SMILES string of the molecule is CNCc1ccc(N2CCC(C)(O)CC2)cc1Cl. The van der Waals surface area contributed by atoms with Crippen LogP contribution in [0, 0.1) is 0 Å². The second kappa shape index (κ2) is 5.47. The molecule has 1 aliphatic rings. The van der Waals surface area contributed by atoms with E-state index in [1.807, 2.05) is 20.0 Å². The van der Waals surface area contributed by atoms with E-state index >= 15 is 0 Å². The Balaban J connectivity index is 2.08. The topological polar surface area (TPSA) is 35.5 Å². The van der Waals surface area contributed by atoms with Gasteiger partial charge >= 0.3 is 0 Å². The lowest BCUT2D eigenvalue weighted by atomic mass is 9.93. The third-order valence-corrected chi connectivity index (χ3v) is 3.96. The summed E-state index contributed by atoms with van der Waals surface area (Å²) < 4.78 is 0. The first-order valence-electron chi connectivity index (χ1n) is 6.42. The van der Waals surface area contributed by atoms with E-state index in [0.29, 0.717) is 0 Å². The summed E-state index contributed by atoms with van der Waals surface area (Å²) in [6.07, 6.45) is 1.62. The second-order valence-corrected chi connectivity index (χ2v) is 5.70. The molecule has 3 nitrogen and oxygen atoms in total. The van der Waals surface area contributed by atoms with Crippen molar-refractivity contribution in [2.45, 2.75) is 31.9 Å². The van der Waals surface area contributed by atoms with Crippen molar-refractivity contribution in [3.63, 3.8) is 0 Å². The Morgan fingerprint density at radius 2 is 2.06 bits per heavy atom. The molecule has 1 fully saturated rings. The molecule has 0 aliphatic carbocycles. The van der Waals surface area contributed by atoms with Crippen LogP contribution in [0.25, 0.3) is 0 Å². The zero-order chi connectivity index (χ0) is 13.2. The number of anilines is 1. The van der Waals surface area contributed by atoms with Crippen LogP contribution in [0.15, 0.2) is 18.2 Å². The lowest BCUT2D eigenvalue weighted by Gasteiger charge is -2.37. The van der Waals surface area contributed by atoms with Crippen LogP contribution in [0.3, 0.4) is 0 Å². The van der Waals surface area contributed by atoms with Gasteiger partial charge in [0.05, 0.1) is 5.60 Å². The van der Waals surface area contributed by atoms with Crippen LogP contribution in [0.4, 0.5) is 5.69 Å². The predicted octanol–water partition coefficient (Wildman–Crippen LogP) is 2.41. The van der Waals surface area contributed by atoms with E-state index < -0.39 is 5.60 Å². The lowest BCUT2D eigenvalue weighted by Crippen LogP contribution is -2.42. The van der Waals surface area contributed by atoms with Crippen LogP contribution in [0.5, 0.6) is 0 Å². The van der Waals surface area contributed by atoms with Crippen LogP contribution in [0.1, 0.15) is 25.3 Å². The van der Waals surface area contributed by atoms with Gasteiger partial charge in [0.2, 0.25) is 0 Å². The van der Waals surface area contributed by atoms with Gasteiger partial charge < -0.3 is 15.3 Å². The van der Waals surface area contributed by atoms with Crippen LogP contribution in [0.2, 0.25) is 5.02 Å². The molecule has 0 amide bonds. The monoisotopic (exact) mass is 268 g/mol. The highest BCUT2D eigenvalue weighted by atomic mass is 35.5. The molecule has 0 radical (unpaired) electrons. The molecular formula is C14H21ClN2O. The quantitative estimate of drug-likeness (QED) is 0.884. The van der Waals surface area contributed by atoms with E-state index in [0.717, 1.165) is 48.7 Å². The molecule has 2 rings (SSSR count). The van der Waals surface area contributed by atoms with Crippen molar-refractivity contribution in [1.82, 2.24) is 5.32 Å². The molecule has 1 aliphatic heterocycles. The van der Waals surface area contributed by atoms with Gasteiger partial charge in [0.25, 0.3) is 0 Å². The first-order chi connectivity index (χ1) is 8.52. The van der Waals surface area contributed by atoms with Gasteiger partial charge in [-0.05, 0) is 44.5 Å². The average molecular weight is 269 g/mol. The van der Waals surface area contributed by atoms with Gasteiger partial charge in [-0.2, -0.15) is 0 Å². The van der Waals surface area contributed by atoms with Crippen molar-refractivity contribution < 1.29 is 5.11 Å². The Kier molecular flexibility index (Phi) is 4.15. The van der Waals surface area contributed by atoms with Crippen LogP contribution in [-0.4, -0.2) is 30.8 Å². The van der Waals surface area contributed by atoms with E-state index in [1.54, 1.807) is 0 Å². The van der Waals surface area contributed by atoms with E-state index in [4.69, 9.17) is 11.6 Å². The number of halogens is 1. The molecule has 2 N–H and O–H groups in total. The van der Waals surface area contributed by atoms with Crippen molar-refractivity contribution in [3.05, 3.63) is 28.8 Å². The van der Waals surface area contributed by atoms with E-state index in [1.165, 1.54) is 0 Å². The van der Waals surface area contributed by atoms with E-state index in [9.17, 15) is 5.11 Å². The van der Waals surface area contributed by atoms with Gasteiger partial charge in [-0.15, -0.1) is 0 Å². The summed E-state index contributed by atoms with van der Waals surface area (Å²) in [6.45, 7) is 4.46. The van der Waals surface area contributed by atoms with Gasteiger partial charge in [-0.3, -0.25) is 0 Å². The van der Waals surface area contributed by atoms with Gasteiger partial charge in [0.15, 0.2) is 0 Å². The largest absolute Gasteiger partial charge is 0.390 e. The average Bonchev–Trinajstić information content (AvgIpc) is 2.32. The minimum atomic E-state index is -0.508. The Labute approximate surface area is 114 Å². The normalized spacial score (nSPS) is 19.0. The van der Waals surface area contributed by atoms with Crippen molar-refractivity contribution in [3.8, 4) is 0 Å². The van der Waals surface area contributed by atoms with Crippen molar-refractivity contribution in [2.75, 3.05) is 25.0 Å². The van der Waals surface area contributed by atoms with Crippen LogP contribution in [-0.2, 0) is 6.54 Å². The molecule has 18 heavy (non-hydrogen) atoms. The Morgan fingerprint density at radius 3 is 2.61 bits per heavy atom. The number of benzene rings is 1. The molecule has 1 saturated heterocycles. The third-order valence-electron chi connectivity index (χ3n) is 3.61. The van der Waals surface area contributed by atoms with Gasteiger partial charge in [-0.25, -0.2) is 0 Å². The summed E-state index contributed by atoms with van der Waals surface area (Å²) in [5.74, 6) is 0. The molecule has 0 atom stereocenters. The smallest absolute Gasteiger partial charge is 0.0653 e. The molecule has 0 saturated carbocycles. The highest BCUT2D eigenvalue weighted by molar-refractivity contribution is 6.31. The molecule has 100 valence electrons. The van der Waals surface area contributed by atoms with Crippen molar-refractivity contribution in [2.24, 2.45) is 0 Å². The highest BCUT2D eigenvalue weighted by Gasteiger charge is 2.27. The standard InChI is InChI=1S/C14H21ClN2O/c1-14(18)5-7-17(8-6-14)12-4-3-11(10-16-2)13(15)9-12/h3-4,9,16,18H,5-8,10H2,1-2H3. The minimum absolute atomic E-state index is 0.508. The summed E-state index contributed by atoms with van der Waals surface area (Å²) in [6, 6.07) is 6.20. The Morgan fingerprint density at radius 1 is 1.39 bits per heavy atom. The van der Waals surface area contributed by atoms with Gasteiger partial charge in [0.1, 0.15) is 0 Å². The molecule has 0 bridgehead atoms. The van der Waals surface area contributed by atoms with E-state index in [2.05, 4.69) is 22.3 Å². The fraction of sp³-hybridized carbons (Fsp3) is 0.571. The molecule has 0 spiro atoms. The Hall–Kier alpha value is -0.770. The molecule has 0 aromatic heterocycles. The zero-order valence-electron chi connectivity index (χ0n) is 11.0. The summed E-state index contributed by atoms with van der Waals surface area (Å²) in [4.78, 5) is 2.28. The molecule has 1 aromatic rings. The van der Waals surface area contributed by atoms with Gasteiger partial charge in [-0.1, -0.05) is 17.7 Å². The summed E-state index contributed by atoms with van der Waals surface area (Å²) >= 11 is 6.27. The van der Waals surface area contributed by atoms with Crippen molar-refractivity contribution >= 4 is 17.3 Å². The summed E-state index contributed by atoms with van der Waals surface area (Å²) in [5.41, 5.74) is 1.76. The lowest BCUT2D eigenvalue weighted by molar-refractivity contribution is 0.0351. The molecule has 1 heterocycles. The fourth-order valence-electron chi connectivity index (χ4n) is 2.31. The molecule has 0 unspecified atom stereocenters.